The summed E-state index contributed by atoms with van der Waals surface area (Å²) in [6.07, 6.45) is -1.92. The first-order valence-electron chi connectivity index (χ1n) is 6.66. The Labute approximate surface area is 126 Å². The van der Waals surface area contributed by atoms with E-state index in [1.807, 2.05) is 0 Å². The van der Waals surface area contributed by atoms with Crippen LogP contribution in [0.1, 0.15) is 13.8 Å². The average Bonchev–Trinajstić information content (AvgIpc) is 3.21. The maximum absolute atomic E-state index is 11.8. The Bertz CT molecular complexity index is 480. The summed E-state index contributed by atoms with van der Waals surface area (Å²) in [7, 11) is 0. The molecule has 0 aromatic rings. The Kier molecular flexibility index (Phi) is 5.83. The lowest BCUT2D eigenvalue weighted by Gasteiger charge is -2.20. The van der Waals surface area contributed by atoms with Crippen molar-refractivity contribution >= 4 is 23.7 Å². The van der Waals surface area contributed by atoms with Crippen molar-refractivity contribution in [3.05, 3.63) is 0 Å². The molecule has 1 aliphatic rings. The number of primary amides is 1. The van der Waals surface area contributed by atoms with E-state index in [-0.39, 0.29) is 12.5 Å². The van der Waals surface area contributed by atoms with Crippen molar-refractivity contribution in [3.63, 3.8) is 0 Å². The van der Waals surface area contributed by atoms with E-state index >= 15 is 0 Å². The van der Waals surface area contributed by atoms with Crippen LogP contribution in [0, 0.1) is 5.92 Å². The second-order valence-electron chi connectivity index (χ2n) is 5.30. The van der Waals surface area contributed by atoms with E-state index < -0.39 is 48.0 Å². The summed E-state index contributed by atoms with van der Waals surface area (Å²) in [6.45, 7) is 3.06. The summed E-state index contributed by atoms with van der Waals surface area (Å²) in [4.78, 5) is 45.1. The number of carboxylic acids is 1. The molecule has 3 amide bonds. The van der Waals surface area contributed by atoms with Gasteiger partial charge in [0.25, 0.3) is 5.91 Å². The molecule has 1 saturated heterocycles. The minimum Gasteiger partial charge on any atom is -0.480 e. The zero-order chi connectivity index (χ0) is 17.0. The molecule has 0 spiro atoms. The van der Waals surface area contributed by atoms with E-state index in [1.54, 1.807) is 13.8 Å². The summed E-state index contributed by atoms with van der Waals surface area (Å²) in [5.74, 6) is -3.55. The molecule has 0 bridgehead atoms. The van der Waals surface area contributed by atoms with Crippen LogP contribution in [0.2, 0.25) is 0 Å². The fourth-order valence-corrected chi connectivity index (χ4v) is 1.71. The third-order valence-corrected chi connectivity index (χ3v) is 3.09. The van der Waals surface area contributed by atoms with Crippen molar-refractivity contribution < 1.29 is 29.0 Å². The Morgan fingerprint density at radius 3 is 2.23 bits per heavy atom. The zero-order valence-corrected chi connectivity index (χ0v) is 12.2. The number of ether oxygens (including phenoxy) is 1. The molecule has 0 radical (unpaired) electrons. The van der Waals surface area contributed by atoms with Crippen LogP contribution < -0.4 is 22.1 Å². The molecule has 22 heavy (non-hydrogen) atoms. The number of carbonyl (C=O) groups excluding carboxylic acids is 3. The molecule has 4 atom stereocenters. The first-order valence-corrected chi connectivity index (χ1v) is 6.66. The van der Waals surface area contributed by atoms with E-state index in [1.165, 1.54) is 0 Å². The molecule has 1 heterocycles. The molecule has 0 aliphatic carbocycles. The number of carbonyl (C=O) groups is 4. The first kappa shape index (κ1) is 17.9. The van der Waals surface area contributed by atoms with Gasteiger partial charge in [-0.25, -0.2) is 4.79 Å². The van der Waals surface area contributed by atoms with Crippen molar-refractivity contribution in [1.29, 1.82) is 0 Å². The van der Waals surface area contributed by atoms with Gasteiger partial charge >= 0.3 is 5.97 Å². The number of aliphatic carboxylic acids is 1. The normalized spacial score (nSPS) is 22.5. The standard InChI is InChI=1S/C12H20N4O6/c1-4(2)6(12(20)21)16-10(18)5(13)3-15-11(19)8-7(22-8)9(14)17/h4-8H,3,13H2,1-2H3,(H2,14,17)(H,15,19)(H,16,18)(H,20,21)/t5?,6-,7?,8?/m0/s1. The van der Waals surface area contributed by atoms with Gasteiger partial charge in [0.2, 0.25) is 11.8 Å². The van der Waals surface area contributed by atoms with Gasteiger partial charge in [-0.05, 0) is 5.92 Å². The lowest BCUT2D eigenvalue weighted by atomic mass is 10.0. The van der Waals surface area contributed by atoms with Crippen LogP contribution in [0.5, 0.6) is 0 Å². The smallest absolute Gasteiger partial charge is 0.326 e. The topological polar surface area (TPSA) is 177 Å². The third kappa shape index (κ3) is 4.67. The Morgan fingerprint density at radius 2 is 1.82 bits per heavy atom. The monoisotopic (exact) mass is 316 g/mol. The van der Waals surface area contributed by atoms with E-state index in [4.69, 9.17) is 21.3 Å². The quantitative estimate of drug-likeness (QED) is 0.294. The number of hydrogen-bond acceptors (Lipinski definition) is 6. The molecular weight excluding hydrogens is 296 g/mol. The van der Waals surface area contributed by atoms with E-state index in [0.29, 0.717) is 0 Å². The van der Waals surface area contributed by atoms with E-state index in [9.17, 15) is 19.2 Å². The summed E-state index contributed by atoms with van der Waals surface area (Å²) < 4.78 is 4.75. The van der Waals surface area contributed by atoms with Crippen molar-refractivity contribution in [2.24, 2.45) is 17.4 Å². The largest absolute Gasteiger partial charge is 0.480 e. The van der Waals surface area contributed by atoms with Crippen LogP contribution in [0.3, 0.4) is 0 Å². The number of nitrogens with one attached hydrogen (secondary N) is 2. The number of rotatable bonds is 8. The summed E-state index contributed by atoms with van der Waals surface area (Å²) in [5.41, 5.74) is 10.5. The number of amides is 3. The van der Waals surface area contributed by atoms with Gasteiger partial charge in [0, 0.05) is 6.54 Å². The van der Waals surface area contributed by atoms with Gasteiger partial charge in [-0.15, -0.1) is 0 Å². The highest BCUT2D eigenvalue weighted by molar-refractivity contribution is 5.94. The number of nitrogens with two attached hydrogens (primary N) is 2. The average molecular weight is 316 g/mol. The van der Waals surface area contributed by atoms with Gasteiger partial charge in [-0.1, -0.05) is 13.8 Å². The molecular formula is C12H20N4O6. The summed E-state index contributed by atoms with van der Waals surface area (Å²) in [6, 6.07) is -2.20. The fourth-order valence-electron chi connectivity index (χ4n) is 1.71. The minimum absolute atomic E-state index is 0.222. The highest BCUT2D eigenvalue weighted by Gasteiger charge is 2.49. The van der Waals surface area contributed by atoms with Gasteiger partial charge in [-0.2, -0.15) is 0 Å². The van der Waals surface area contributed by atoms with Crippen molar-refractivity contribution in [2.75, 3.05) is 6.54 Å². The Balaban J connectivity index is 2.40. The number of epoxide rings is 1. The molecule has 10 nitrogen and oxygen atoms in total. The first-order chi connectivity index (χ1) is 10.1. The van der Waals surface area contributed by atoms with Crippen molar-refractivity contribution in [3.8, 4) is 0 Å². The maximum Gasteiger partial charge on any atom is 0.326 e. The van der Waals surface area contributed by atoms with Crippen LogP contribution in [-0.4, -0.2) is 59.6 Å². The summed E-state index contributed by atoms with van der Waals surface area (Å²) in [5, 5.41) is 13.6. The van der Waals surface area contributed by atoms with Crippen LogP contribution in [0.4, 0.5) is 0 Å². The Hall–Kier alpha value is -2.20. The van der Waals surface area contributed by atoms with Gasteiger partial charge < -0.3 is 31.9 Å². The molecule has 7 N–H and O–H groups in total. The predicted octanol–water partition coefficient (Wildman–Crippen LogP) is -3.09. The van der Waals surface area contributed by atoms with Crippen LogP contribution in [0.15, 0.2) is 0 Å². The molecule has 0 saturated carbocycles. The van der Waals surface area contributed by atoms with Gasteiger partial charge in [0.05, 0.1) is 0 Å². The molecule has 1 rings (SSSR count). The SMILES string of the molecule is CC(C)[C@H](NC(=O)C(N)CNC(=O)C1OC1C(N)=O)C(=O)O. The minimum atomic E-state index is -1.17. The number of hydrogen-bond donors (Lipinski definition) is 5. The van der Waals surface area contributed by atoms with Crippen LogP contribution in [-0.2, 0) is 23.9 Å². The predicted molar refractivity (Wildman–Crippen MR) is 73.2 cm³/mol. The summed E-state index contributed by atoms with van der Waals surface area (Å²) >= 11 is 0. The molecule has 124 valence electrons. The highest BCUT2D eigenvalue weighted by atomic mass is 16.6. The lowest BCUT2D eigenvalue weighted by Crippen LogP contribution is -2.54. The van der Waals surface area contributed by atoms with Gasteiger partial charge in [0.15, 0.2) is 12.2 Å². The van der Waals surface area contributed by atoms with Crippen LogP contribution >= 0.6 is 0 Å². The molecule has 0 aromatic carbocycles. The maximum atomic E-state index is 11.8. The lowest BCUT2D eigenvalue weighted by molar-refractivity contribution is -0.143. The molecule has 1 aliphatic heterocycles. The fraction of sp³-hybridized carbons (Fsp3) is 0.667. The molecule has 10 heteroatoms. The highest BCUT2D eigenvalue weighted by Crippen LogP contribution is 2.21. The van der Waals surface area contributed by atoms with Gasteiger partial charge in [0.1, 0.15) is 12.1 Å². The van der Waals surface area contributed by atoms with Crippen molar-refractivity contribution in [1.82, 2.24) is 10.6 Å². The molecule has 0 aromatic heterocycles. The second-order valence-corrected chi connectivity index (χ2v) is 5.30. The molecule has 3 unspecified atom stereocenters. The van der Waals surface area contributed by atoms with Crippen molar-refractivity contribution in [2.45, 2.75) is 38.1 Å². The Morgan fingerprint density at radius 1 is 1.23 bits per heavy atom. The zero-order valence-electron chi connectivity index (χ0n) is 12.2. The third-order valence-electron chi connectivity index (χ3n) is 3.09. The van der Waals surface area contributed by atoms with Gasteiger partial charge in [-0.3, -0.25) is 14.4 Å². The molecule has 1 fully saturated rings. The van der Waals surface area contributed by atoms with E-state index in [0.717, 1.165) is 0 Å². The van der Waals surface area contributed by atoms with E-state index in [2.05, 4.69) is 10.6 Å². The number of carboxylic acid groups (broad SMARTS) is 1. The second kappa shape index (κ2) is 7.18. The van der Waals surface area contributed by atoms with Crippen LogP contribution in [0.25, 0.3) is 0 Å².